The van der Waals surface area contributed by atoms with E-state index in [1.54, 1.807) is 13.8 Å². The van der Waals surface area contributed by atoms with Crippen LogP contribution in [0.15, 0.2) is 79.0 Å². The Morgan fingerprint density at radius 3 is 1.06 bits per heavy atom. The summed E-state index contributed by atoms with van der Waals surface area (Å²) < 4.78 is 117. The normalized spacial score (nSPS) is 29.4. The summed E-state index contributed by atoms with van der Waals surface area (Å²) in [6.07, 6.45) is -12.0. The highest BCUT2D eigenvalue weighted by Crippen LogP contribution is 2.58. The van der Waals surface area contributed by atoms with Gasteiger partial charge in [0.2, 0.25) is 5.95 Å². The van der Waals surface area contributed by atoms with E-state index in [0.717, 1.165) is 16.2 Å². The van der Waals surface area contributed by atoms with Crippen molar-refractivity contribution < 1.29 is 112 Å². The molecule has 15 heterocycles. The van der Waals surface area contributed by atoms with Crippen LogP contribution in [0.5, 0.6) is 0 Å². The Balaban J connectivity index is 0.646. The van der Waals surface area contributed by atoms with E-state index in [9.17, 15) is 58.1 Å². The minimum absolute atomic E-state index is 0.0210. The molecule has 6 saturated heterocycles. The maximum atomic E-state index is 13.5. The zero-order valence-corrected chi connectivity index (χ0v) is 76.4. The number of aromatic amines is 3. The van der Waals surface area contributed by atoms with Crippen LogP contribution in [0.4, 0.5) is 23.4 Å². The lowest BCUT2D eigenvalue weighted by molar-refractivity contribution is -0.0564. The fraction of sp³-hybridized carbons (Fsp3) is 0.565. The van der Waals surface area contributed by atoms with E-state index in [4.69, 9.17) is 176 Å². The third-order valence-electron chi connectivity index (χ3n) is 20.9. The van der Waals surface area contributed by atoms with Crippen LogP contribution in [-0.4, -0.2) is 230 Å². The van der Waals surface area contributed by atoms with Gasteiger partial charge >= 0.3 is 57.4 Å². The van der Waals surface area contributed by atoms with Gasteiger partial charge in [-0.05, 0) is 98.0 Å². The number of nitrogens with two attached hydrogens (primary N) is 4. The van der Waals surface area contributed by atoms with Crippen molar-refractivity contribution in [2.24, 2.45) is 0 Å². The van der Waals surface area contributed by atoms with Crippen LogP contribution in [0.3, 0.4) is 0 Å². The topological polar surface area (TPSA) is 687 Å². The molecule has 15 rings (SSSR count). The molecule has 6 aliphatic rings. The summed E-state index contributed by atoms with van der Waals surface area (Å²) in [6, 6.07) is 0. The Morgan fingerprint density at radius 1 is 0.389 bits per heavy atom. The smallest absolute Gasteiger partial charge is 0.351 e. The van der Waals surface area contributed by atoms with E-state index in [1.165, 1.54) is 82.3 Å². The molecule has 0 aromatic carbocycles. The monoisotopic (exact) mass is 1990 g/mol. The number of fused-ring (bicyclic) bond motifs is 3. The van der Waals surface area contributed by atoms with Crippen LogP contribution in [0, 0.1) is 20.8 Å². The number of anilines is 4. The number of aromatic nitrogens is 18. The highest BCUT2D eigenvalue weighted by Gasteiger charge is 2.50. The molecular formula is C62H82N22O30P6S6. The third-order valence-corrected chi connectivity index (χ3v) is 30.5. The highest BCUT2D eigenvalue weighted by molar-refractivity contribution is 8.08. The molecule has 0 aliphatic carbocycles. The Hall–Kier alpha value is -6.17. The summed E-state index contributed by atoms with van der Waals surface area (Å²) in [5.41, 5.74) is 21.0. The van der Waals surface area contributed by atoms with Gasteiger partial charge in [0, 0.05) is 80.9 Å². The van der Waals surface area contributed by atoms with Crippen molar-refractivity contribution in [1.82, 2.24) is 87.2 Å². The fourth-order valence-electron chi connectivity index (χ4n) is 14.8. The van der Waals surface area contributed by atoms with E-state index in [-0.39, 0.29) is 107 Å². The van der Waals surface area contributed by atoms with Crippen LogP contribution in [0.2, 0.25) is 0 Å². The molecule has 0 spiro atoms. The molecule has 0 saturated carbocycles. The van der Waals surface area contributed by atoms with Crippen molar-refractivity contribution >= 4 is 168 Å². The molecule has 0 bridgehead atoms. The third kappa shape index (κ3) is 21.4. The van der Waals surface area contributed by atoms with Crippen molar-refractivity contribution in [3.8, 4) is 0 Å². The van der Waals surface area contributed by atoms with E-state index >= 15 is 0 Å². The second kappa shape index (κ2) is 37.8. The Bertz CT molecular complexity index is 6330. The van der Waals surface area contributed by atoms with Crippen molar-refractivity contribution in [3.63, 3.8) is 0 Å². The largest absolute Gasteiger partial charge is 0.383 e. The molecule has 6 fully saturated rings. The number of nitrogen functional groups attached to an aromatic ring is 4. The first-order chi connectivity index (χ1) is 59.5. The quantitative estimate of drug-likeness (QED) is 0.0245. The van der Waals surface area contributed by atoms with Crippen LogP contribution in [-0.2, 0) is 154 Å². The molecular weight excluding hydrogens is 1910 g/mol. The number of ether oxygens (including phenoxy) is 6. The lowest BCUT2D eigenvalue weighted by Gasteiger charge is -2.28. The van der Waals surface area contributed by atoms with Crippen molar-refractivity contribution in [3.05, 3.63) is 129 Å². The van der Waals surface area contributed by atoms with Crippen LogP contribution in [0.1, 0.15) is 106 Å². The maximum absolute atomic E-state index is 13.5. The van der Waals surface area contributed by atoms with Gasteiger partial charge in [-0.1, -0.05) is 6.92 Å². The fourth-order valence-corrected chi connectivity index (χ4v) is 23.1. The zero-order chi connectivity index (χ0) is 90.2. The maximum Gasteiger partial charge on any atom is 0.351 e. The minimum atomic E-state index is -4.70. The number of aryl methyl sites for hydroxylation is 3. The average molecular weight is 1990 g/mol. The summed E-state index contributed by atoms with van der Waals surface area (Å²) in [7, 11) is 1.12. The van der Waals surface area contributed by atoms with E-state index in [0.29, 0.717) is 12.0 Å². The Morgan fingerprint density at radius 2 is 0.698 bits per heavy atom. The second-order valence-electron chi connectivity index (χ2n) is 29.3. The van der Waals surface area contributed by atoms with Gasteiger partial charge in [0.1, 0.15) is 97.4 Å². The summed E-state index contributed by atoms with van der Waals surface area (Å²) in [6.45, 7) is -23.7. The van der Waals surface area contributed by atoms with Crippen LogP contribution in [0.25, 0.3) is 33.5 Å². The molecule has 24 atom stereocenters. The lowest BCUT2D eigenvalue weighted by Crippen LogP contribution is -2.33. The Labute approximate surface area is 738 Å². The molecule has 17 N–H and O–H groups in total. The molecule has 0 radical (unpaired) electrons. The van der Waals surface area contributed by atoms with Gasteiger partial charge < -0.3 is 135 Å². The lowest BCUT2D eigenvalue weighted by atomic mass is 10.1. The number of H-pyrrole nitrogens is 3. The molecule has 9 aromatic heterocycles. The van der Waals surface area contributed by atoms with Crippen LogP contribution < -0.4 is 56.7 Å². The first-order valence-corrected chi connectivity index (χ1v) is 53.4. The zero-order valence-electron chi connectivity index (χ0n) is 66.1. The molecule has 686 valence electrons. The van der Waals surface area contributed by atoms with Gasteiger partial charge in [-0.15, -0.1) is 0 Å². The van der Waals surface area contributed by atoms with Gasteiger partial charge in [-0.3, -0.25) is 56.7 Å². The predicted octanol–water partition coefficient (Wildman–Crippen LogP) is 0.887. The summed E-state index contributed by atoms with van der Waals surface area (Å²) in [5, 5.41) is 0. The van der Waals surface area contributed by atoms with E-state index in [2.05, 4.69) is 59.8 Å². The average Bonchev–Trinajstić information content (AvgIpc) is 1.63. The molecule has 126 heavy (non-hydrogen) atoms. The SMILES string of the molecule is CC[C@H]1O[C@@H](n2cc(C)c(N)nc2=O)C[C@H]1OP(O)(=S)OC[C@H]1O[C@@H](n2cnc3c(N)ncnc32)C[C@H]1OP(O)(=S)OC[C@H]1O[C@@H](n2cc(C)c(=O)[nH]c2=O)C[C@H]1OP(O)(=S)OC[C@H]1O[C@@H](n2cnc3c(=O)[nH]c(N)nc32)C[C@H]1OP(O)(=S)OC[C@H]1O[C@@H](n2cnc3c(N)ncnc32)C[C@H]1OP(O)(=S)OC[C@H]1O[C@@H](n2cc(C)c(=O)[nH]c2=O)C[C@H]1OP(O)(=S)OC. The number of nitrogens with one attached hydrogen (secondary N) is 3. The van der Waals surface area contributed by atoms with Gasteiger partial charge in [0.15, 0.2) is 34.1 Å². The summed E-state index contributed by atoms with van der Waals surface area (Å²) in [5.74, 6) is -0.195. The van der Waals surface area contributed by atoms with Crippen molar-refractivity contribution in [2.45, 2.75) is 183 Å². The first-order valence-electron chi connectivity index (χ1n) is 37.8. The van der Waals surface area contributed by atoms with Crippen molar-refractivity contribution in [1.29, 1.82) is 0 Å². The second-order valence-corrected chi connectivity index (χ2v) is 46.2. The van der Waals surface area contributed by atoms with Crippen LogP contribution >= 0.6 is 40.3 Å². The van der Waals surface area contributed by atoms with E-state index < -0.39 is 218 Å². The molecule has 0 amide bonds. The van der Waals surface area contributed by atoms with Gasteiger partial charge in [0.05, 0.1) is 94.7 Å². The van der Waals surface area contributed by atoms with Gasteiger partial charge in [0.25, 0.3) is 16.7 Å². The van der Waals surface area contributed by atoms with Crippen molar-refractivity contribution in [2.75, 3.05) is 63.1 Å². The van der Waals surface area contributed by atoms with Gasteiger partial charge in [-0.2, -0.15) is 9.97 Å². The first kappa shape index (κ1) is 94.5. The summed E-state index contributed by atoms with van der Waals surface area (Å²) >= 11 is 33.3. The number of hydrogen-bond donors (Lipinski definition) is 13. The minimum Gasteiger partial charge on any atom is -0.383 e. The number of nitrogens with zero attached hydrogens (tertiary/aromatic N) is 15. The number of imidazole rings is 3. The molecule has 6 unspecified atom stereocenters. The number of hydrogen-bond acceptors (Lipinski definition) is 43. The predicted molar refractivity (Wildman–Crippen MR) is 458 cm³/mol. The molecule has 6 aliphatic heterocycles. The van der Waals surface area contributed by atoms with E-state index in [1.807, 2.05) is 0 Å². The molecule has 64 heteroatoms. The molecule has 52 nitrogen and oxygen atoms in total. The number of rotatable bonds is 35. The van der Waals surface area contributed by atoms with Gasteiger partial charge in [-0.25, -0.2) is 49.3 Å². The summed E-state index contributed by atoms with van der Waals surface area (Å²) in [4.78, 5) is 193. The molecule has 9 aromatic rings. The highest BCUT2D eigenvalue weighted by atomic mass is 32.5. The standard InChI is InChI=1S/C62H82N22O30P6S6/c1-6-29-30(7-41(103-29)79-13-26(2)50(63)74-60(79)88)110-116(92,122)98-18-38-33(10-44(106-38)82-23-71-47-51(64)67-21-69-53(47)82)113-119(95,125)100-17-37-32(9-43(105-37)81-15-28(4)57(86)78-62(81)90)111-117(93,123)102-20-40-35(12-46(108-40)84-25-73-49-55(84)75-59(66)76-58(49)87)114-120(96,126)101-19-39-34(11-45(107-39)83-24-72-48-52(65)68-22-70-54(48)83)112-118(94,124)99-16-36-31(109-115(91,121)97-5)8-42(104-36)80-14-27(3)56(85)77-61(80)89/h13-15,21-25,29-46H,6-12,16-20H2,1-5H3,(H,91,121)(H,92,122)(H,93,123)(H,94,124)(H,95,125)(H,96,126)(H2,63,74,88)(H2,64,67,69)(H2,65,68,70)(H,77,85,89)(H,78,86,90)(H3,66,75,76,87)/t29-,30-,31-,32-,33-,34-,35-,36-,37-,38-,39-,40-,41-,42-,43-,44-,45-,46-,115?,116?,117?,118?,119?,120?/m1/s1. The Kier molecular flexibility index (Phi) is 28.4.